The summed E-state index contributed by atoms with van der Waals surface area (Å²) in [6.07, 6.45) is 0.467. The molecule has 0 radical (unpaired) electrons. The summed E-state index contributed by atoms with van der Waals surface area (Å²) in [6, 6.07) is 19.6. The number of nitrogens with one attached hydrogen (secondary N) is 3. The predicted octanol–water partition coefficient (Wildman–Crippen LogP) is 4.48. The Kier molecular flexibility index (Phi) is 15.2. The molecule has 3 rings (SSSR count). The van der Waals surface area contributed by atoms with Crippen molar-refractivity contribution in [1.82, 2.24) is 16.0 Å². The minimum Gasteiger partial charge on any atom is -0.478 e. The van der Waals surface area contributed by atoms with Gasteiger partial charge in [-0.3, -0.25) is 18.7 Å². The highest BCUT2D eigenvalue weighted by Crippen LogP contribution is 2.23. The molecule has 51 heavy (non-hydrogen) atoms. The first-order chi connectivity index (χ1) is 24.1. The smallest absolute Gasteiger partial charge is 0.335 e. The Bertz CT molecular complexity index is 1730. The molecule has 12 nitrogen and oxygen atoms in total. The Balaban J connectivity index is 1.65. The number of carbonyl (C=O) groups excluding carboxylic acids is 3. The zero-order chi connectivity index (χ0) is 37.7. The summed E-state index contributed by atoms with van der Waals surface area (Å²) in [4.78, 5) is 50.7. The number of anilines is 1. The molecule has 4 atom stereocenters. The van der Waals surface area contributed by atoms with E-state index in [1.165, 1.54) is 25.2 Å². The fraction of sp³-hybridized carbons (Fsp3) is 0.421. The van der Waals surface area contributed by atoms with E-state index in [2.05, 4.69) is 16.0 Å². The second-order valence-electron chi connectivity index (χ2n) is 13.2. The van der Waals surface area contributed by atoms with Gasteiger partial charge in [0, 0.05) is 25.1 Å². The van der Waals surface area contributed by atoms with Crippen molar-refractivity contribution < 1.29 is 37.8 Å². The van der Waals surface area contributed by atoms with E-state index in [1.807, 2.05) is 26.8 Å². The van der Waals surface area contributed by atoms with Crippen molar-refractivity contribution in [1.29, 1.82) is 0 Å². The summed E-state index contributed by atoms with van der Waals surface area (Å²) >= 11 is 0. The molecule has 13 heteroatoms. The lowest BCUT2D eigenvalue weighted by molar-refractivity contribution is -0.131. The van der Waals surface area contributed by atoms with Crippen LogP contribution in [0.3, 0.4) is 0 Å². The van der Waals surface area contributed by atoms with Crippen molar-refractivity contribution in [3.05, 3.63) is 101 Å². The molecule has 0 aliphatic rings. The molecular weight excluding hydrogens is 673 g/mol. The number of benzene rings is 3. The third-order valence-electron chi connectivity index (χ3n) is 8.54. The van der Waals surface area contributed by atoms with Crippen LogP contribution >= 0.6 is 0 Å². The number of aromatic carboxylic acids is 1. The average Bonchev–Trinajstić information content (AvgIpc) is 3.09. The highest BCUT2D eigenvalue weighted by molar-refractivity contribution is 7.92. The van der Waals surface area contributed by atoms with Crippen LogP contribution in [-0.4, -0.2) is 67.6 Å². The predicted molar refractivity (Wildman–Crippen MR) is 196 cm³/mol. The van der Waals surface area contributed by atoms with Gasteiger partial charge < -0.3 is 26.2 Å². The molecule has 3 aromatic rings. The summed E-state index contributed by atoms with van der Waals surface area (Å²) in [5.74, 6) is -3.11. The minimum atomic E-state index is -3.74. The van der Waals surface area contributed by atoms with Gasteiger partial charge in [0.05, 0.1) is 29.1 Å². The SMILES string of the molecule is CCC[C@H](C[C@H](O)[C@H](CC(C)C)NC(=O)c1cccc(N(C)S(=O)(=O)Cc2ccccc2)c1)C(=O)N[C@@H](C)C(=O)NCc1ccc(C(=O)O)cc1. The van der Waals surface area contributed by atoms with E-state index >= 15 is 0 Å². The van der Waals surface area contributed by atoms with Crippen molar-refractivity contribution in [2.45, 2.75) is 83.9 Å². The number of nitrogens with zero attached hydrogens (tertiary/aromatic N) is 1. The molecule has 0 aromatic heterocycles. The third kappa shape index (κ3) is 12.5. The third-order valence-corrected chi connectivity index (χ3v) is 10.3. The molecule has 0 spiro atoms. The van der Waals surface area contributed by atoms with Gasteiger partial charge in [-0.25, -0.2) is 13.2 Å². The van der Waals surface area contributed by atoms with Crippen molar-refractivity contribution in [3.63, 3.8) is 0 Å². The Morgan fingerprint density at radius 2 is 1.47 bits per heavy atom. The largest absolute Gasteiger partial charge is 0.478 e. The Morgan fingerprint density at radius 3 is 2.08 bits per heavy atom. The molecule has 0 fully saturated rings. The van der Waals surface area contributed by atoms with Gasteiger partial charge in [-0.2, -0.15) is 0 Å². The van der Waals surface area contributed by atoms with Gasteiger partial charge >= 0.3 is 5.97 Å². The number of rotatable bonds is 19. The van der Waals surface area contributed by atoms with Crippen LogP contribution in [0.25, 0.3) is 0 Å². The van der Waals surface area contributed by atoms with Gasteiger partial charge in [0.15, 0.2) is 0 Å². The lowest BCUT2D eigenvalue weighted by Gasteiger charge is -2.29. The molecule has 276 valence electrons. The number of sulfonamides is 1. The molecule has 5 N–H and O–H groups in total. The van der Waals surface area contributed by atoms with Crippen molar-refractivity contribution >= 4 is 39.4 Å². The number of aliphatic hydroxyl groups excluding tert-OH is 1. The van der Waals surface area contributed by atoms with Crippen molar-refractivity contribution in [3.8, 4) is 0 Å². The summed E-state index contributed by atoms with van der Waals surface area (Å²) in [5.41, 5.74) is 2.00. The molecule has 0 bridgehead atoms. The Labute approximate surface area is 300 Å². The maximum Gasteiger partial charge on any atom is 0.335 e. The van der Waals surface area contributed by atoms with Crippen LogP contribution < -0.4 is 20.3 Å². The first kappa shape index (κ1) is 40.7. The van der Waals surface area contributed by atoms with Crippen LogP contribution in [0.4, 0.5) is 5.69 Å². The number of hydrogen-bond acceptors (Lipinski definition) is 7. The molecule has 0 aliphatic heterocycles. The van der Waals surface area contributed by atoms with Crippen LogP contribution in [0.5, 0.6) is 0 Å². The second kappa shape index (κ2) is 19.0. The van der Waals surface area contributed by atoms with Crippen LogP contribution in [0.2, 0.25) is 0 Å². The molecule has 0 unspecified atom stereocenters. The van der Waals surface area contributed by atoms with Gasteiger partial charge in [0.2, 0.25) is 21.8 Å². The quantitative estimate of drug-likeness (QED) is 0.120. The molecule has 3 amide bonds. The van der Waals surface area contributed by atoms with E-state index < -0.39 is 57.8 Å². The second-order valence-corrected chi connectivity index (χ2v) is 15.2. The van der Waals surface area contributed by atoms with Gasteiger partial charge in [-0.05, 0) is 73.6 Å². The zero-order valence-corrected chi connectivity index (χ0v) is 30.7. The van der Waals surface area contributed by atoms with E-state index in [9.17, 15) is 32.7 Å². The van der Waals surface area contributed by atoms with Crippen LogP contribution in [0.15, 0.2) is 78.9 Å². The van der Waals surface area contributed by atoms with Crippen LogP contribution in [-0.2, 0) is 31.9 Å². The lowest BCUT2D eigenvalue weighted by Crippen LogP contribution is -2.49. The van der Waals surface area contributed by atoms with E-state index in [-0.39, 0.29) is 35.8 Å². The molecule has 3 aromatic carbocycles. The van der Waals surface area contributed by atoms with Gasteiger partial charge in [-0.1, -0.05) is 75.7 Å². The number of carboxylic acids is 1. The summed E-state index contributed by atoms with van der Waals surface area (Å²) in [5, 5.41) is 28.8. The molecule has 0 saturated carbocycles. The maximum absolute atomic E-state index is 13.5. The molecule has 0 saturated heterocycles. The summed E-state index contributed by atoms with van der Waals surface area (Å²) in [6.45, 7) is 7.53. The fourth-order valence-corrected chi connectivity index (χ4v) is 6.86. The molecule has 0 aliphatic carbocycles. The first-order valence-electron chi connectivity index (χ1n) is 17.1. The number of carboxylic acid groups (broad SMARTS) is 1. The molecular formula is C38H50N4O8S. The summed E-state index contributed by atoms with van der Waals surface area (Å²) in [7, 11) is -2.31. The lowest BCUT2D eigenvalue weighted by atomic mass is 9.89. The van der Waals surface area contributed by atoms with E-state index in [0.717, 1.165) is 4.31 Å². The highest BCUT2D eigenvalue weighted by Gasteiger charge is 2.30. The topological polar surface area (TPSA) is 182 Å². The fourth-order valence-electron chi connectivity index (χ4n) is 5.62. The summed E-state index contributed by atoms with van der Waals surface area (Å²) < 4.78 is 27.4. The monoisotopic (exact) mass is 722 g/mol. The normalized spacial score (nSPS) is 13.8. The van der Waals surface area contributed by atoms with E-state index in [4.69, 9.17) is 5.11 Å². The first-order valence-corrected chi connectivity index (χ1v) is 18.7. The zero-order valence-electron chi connectivity index (χ0n) is 29.8. The Morgan fingerprint density at radius 1 is 0.804 bits per heavy atom. The van der Waals surface area contributed by atoms with Crippen LogP contribution in [0.1, 0.15) is 85.2 Å². The number of amides is 3. The average molecular weight is 723 g/mol. The molecule has 0 heterocycles. The number of carbonyl (C=O) groups is 4. The maximum atomic E-state index is 13.5. The van der Waals surface area contributed by atoms with E-state index in [1.54, 1.807) is 61.5 Å². The van der Waals surface area contributed by atoms with Gasteiger partial charge in [0.25, 0.3) is 5.91 Å². The van der Waals surface area contributed by atoms with Gasteiger partial charge in [-0.15, -0.1) is 0 Å². The van der Waals surface area contributed by atoms with Gasteiger partial charge in [0.1, 0.15) is 6.04 Å². The Hall–Kier alpha value is -4.75. The minimum absolute atomic E-state index is 0.0438. The van der Waals surface area contributed by atoms with Crippen LogP contribution in [0, 0.1) is 11.8 Å². The standard InChI is InChI=1S/C38H50N4O8S/c1-6-11-30(36(45)40-26(4)35(44)39-23-27-16-18-29(19-17-27)38(47)48)22-34(43)33(20-25(2)3)41-37(46)31-14-10-15-32(21-31)42(5)51(49,50)24-28-12-8-7-9-13-28/h7-10,12-19,21,25-26,30,33-34,43H,6,11,20,22-24H2,1-5H3,(H,39,44)(H,40,45)(H,41,46)(H,47,48)/t26-,30+,33-,34-/m0/s1. The number of aliphatic hydroxyl groups is 1. The van der Waals surface area contributed by atoms with E-state index in [0.29, 0.717) is 36.1 Å². The van der Waals surface area contributed by atoms with Crippen molar-refractivity contribution in [2.75, 3.05) is 11.4 Å². The number of hydrogen-bond donors (Lipinski definition) is 5. The van der Waals surface area contributed by atoms with Crippen molar-refractivity contribution in [2.24, 2.45) is 11.8 Å². The highest BCUT2D eigenvalue weighted by atomic mass is 32.2.